The zero-order chi connectivity index (χ0) is 15.1. The van der Waals surface area contributed by atoms with E-state index in [0.717, 1.165) is 0 Å². The first-order chi connectivity index (χ1) is 9.04. The molecule has 1 nitrogen and oxygen atoms in total. The van der Waals surface area contributed by atoms with Gasteiger partial charge in [-0.3, -0.25) is 0 Å². The predicted molar refractivity (Wildman–Crippen MR) is 83.9 cm³/mol. The monoisotopic (exact) mass is 270 g/mol. The molecule has 2 bridgehead atoms. The Hall–Kier alpha value is -1.08. The molecule has 1 heteroatoms. The second-order valence-corrected chi connectivity index (χ2v) is 7.74. The molecule has 0 saturated heterocycles. The van der Waals surface area contributed by atoms with Crippen LogP contribution in [0.15, 0.2) is 35.4 Å². The highest BCUT2D eigenvalue weighted by molar-refractivity contribution is 5.62. The van der Waals surface area contributed by atoms with Crippen LogP contribution in [0, 0.1) is 5.41 Å². The Balaban J connectivity index is 2.56. The third-order valence-electron chi connectivity index (χ3n) is 7.51. The van der Waals surface area contributed by atoms with Crippen molar-refractivity contribution < 1.29 is 5.11 Å². The Morgan fingerprint density at radius 1 is 0.750 bits per heavy atom. The average Bonchev–Trinajstić information content (AvgIpc) is 2.40. The van der Waals surface area contributed by atoms with Crippen LogP contribution >= 0.6 is 0 Å². The van der Waals surface area contributed by atoms with Crippen LogP contribution in [0.25, 0.3) is 0 Å². The van der Waals surface area contributed by atoms with Crippen LogP contribution in [-0.4, -0.2) is 10.7 Å². The number of aliphatic hydroxyl groups is 1. The van der Waals surface area contributed by atoms with Crippen LogP contribution in [0.2, 0.25) is 0 Å². The highest BCUT2D eigenvalue weighted by atomic mass is 16.3. The van der Waals surface area contributed by atoms with Gasteiger partial charge in [-0.25, -0.2) is 0 Å². The molecule has 108 valence electrons. The summed E-state index contributed by atoms with van der Waals surface area (Å²) in [5.74, 6) is 0. The molecule has 1 aromatic carbocycles. The first kappa shape index (κ1) is 13.9. The van der Waals surface area contributed by atoms with Crippen molar-refractivity contribution in [1.29, 1.82) is 0 Å². The maximum absolute atomic E-state index is 11.5. The summed E-state index contributed by atoms with van der Waals surface area (Å²) in [6.07, 6.45) is 0. The molecule has 0 fully saturated rings. The largest absolute Gasteiger partial charge is 0.388 e. The minimum atomic E-state index is -0.771. The van der Waals surface area contributed by atoms with E-state index in [9.17, 15) is 5.11 Å². The van der Waals surface area contributed by atoms with Crippen molar-refractivity contribution >= 4 is 0 Å². The quantitative estimate of drug-likeness (QED) is 0.695. The summed E-state index contributed by atoms with van der Waals surface area (Å²) in [7, 11) is 0. The molecule has 3 aliphatic carbocycles. The maximum atomic E-state index is 11.5. The summed E-state index contributed by atoms with van der Waals surface area (Å²) in [5.41, 5.74) is 4.04. The van der Waals surface area contributed by atoms with Crippen molar-refractivity contribution in [2.24, 2.45) is 5.41 Å². The molecule has 0 aliphatic heterocycles. The average molecular weight is 270 g/mol. The Labute approximate surface area is 122 Å². The van der Waals surface area contributed by atoms with E-state index >= 15 is 0 Å². The maximum Gasteiger partial charge on any atom is 0.0812 e. The van der Waals surface area contributed by atoms with Gasteiger partial charge in [-0.2, -0.15) is 0 Å². The second kappa shape index (κ2) is 3.39. The van der Waals surface area contributed by atoms with Crippen molar-refractivity contribution in [3.05, 3.63) is 46.5 Å². The lowest BCUT2D eigenvalue weighted by Gasteiger charge is -2.69. The molecule has 1 aromatic rings. The molecule has 0 unspecified atom stereocenters. The van der Waals surface area contributed by atoms with E-state index in [2.05, 4.69) is 65.8 Å². The normalized spacial score (nSPS) is 41.8. The van der Waals surface area contributed by atoms with Gasteiger partial charge in [0, 0.05) is 16.2 Å². The van der Waals surface area contributed by atoms with E-state index in [1.807, 2.05) is 6.92 Å². The van der Waals surface area contributed by atoms with Crippen molar-refractivity contribution in [1.82, 2.24) is 0 Å². The van der Waals surface area contributed by atoms with E-state index in [1.165, 1.54) is 22.3 Å². The van der Waals surface area contributed by atoms with Crippen LogP contribution < -0.4 is 0 Å². The van der Waals surface area contributed by atoms with Gasteiger partial charge in [0.25, 0.3) is 0 Å². The van der Waals surface area contributed by atoms with Crippen LogP contribution in [-0.2, 0) is 10.8 Å². The fourth-order valence-corrected chi connectivity index (χ4v) is 5.05. The van der Waals surface area contributed by atoms with E-state index in [-0.39, 0.29) is 16.2 Å². The third-order valence-corrected chi connectivity index (χ3v) is 7.51. The second-order valence-electron chi connectivity index (χ2n) is 7.74. The summed E-state index contributed by atoms with van der Waals surface area (Å²) in [4.78, 5) is 0. The molecule has 0 aromatic heterocycles. The smallest absolute Gasteiger partial charge is 0.0812 e. The Morgan fingerprint density at radius 3 is 1.65 bits per heavy atom. The summed E-state index contributed by atoms with van der Waals surface area (Å²) in [5, 5.41) is 11.5. The standard InChI is InChI=1S/C19H26O/c1-12-13(2)18(6)15-11-9-8-10-14(15)17(12,5)16(3,4)19(18,7)20/h8-11,20H,1-7H3/t17-,18+,19+/m0/s1. The van der Waals surface area contributed by atoms with Crippen molar-refractivity contribution in [3.63, 3.8) is 0 Å². The van der Waals surface area contributed by atoms with E-state index in [4.69, 9.17) is 0 Å². The highest BCUT2D eigenvalue weighted by Gasteiger charge is 2.70. The minimum Gasteiger partial charge on any atom is -0.388 e. The molecule has 0 radical (unpaired) electrons. The van der Waals surface area contributed by atoms with Gasteiger partial charge < -0.3 is 5.11 Å². The predicted octanol–water partition coefficient (Wildman–Crippen LogP) is 4.34. The molecule has 3 aliphatic rings. The van der Waals surface area contributed by atoms with Crippen molar-refractivity contribution in [3.8, 4) is 0 Å². The molecule has 0 saturated carbocycles. The van der Waals surface area contributed by atoms with Crippen molar-refractivity contribution in [2.45, 2.75) is 64.9 Å². The fourth-order valence-electron chi connectivity index (χ4n) is 5.05. The van der Waals surface area contributed by atoms with Gasteiger partial charge in [-0.05, 0) is 38.8 Å². The number of fused-ring (bicyclic) bond motifs is 1. The van der Waals surface area contributed by atoms with Gasteiger partial charge >= 0.3 is 0 Å². The van der Waals surface area contributed by atoms with Crippen LogP contribution in [0.1, 0.15) is 59.6 Å². The fraction of sp³-hybridized carbons (Fsp3) is 0.579. The molecular weight excluding hydrogens is 244 g/mol. The Bertz CT molecular complexity index is 580. The molecule has 0 heterocycles. The van der Waals surface area contributed by atoms with Crippen molar-refractivity contribution in [2.75, 3.05) is 0 Å². The summed E-state index contributed by atoms with van der Waals surface area (Å²) in [6, 6.07) is 8.68. The summed E-state index contributed by atoms with van der Waals surface area (Å²) >= 11 is 0. The first-order valence-electron chi connectivity index (χ1n) is 7.55. The number of hydrogen-bond donors (Lipinski definition) is 1. The zero-order valence-electron chi connectivity index (χ0n) is 13.8. The molecule has 0 spiro atoms. The lowest BCUT2D eigenvalue weighted by atomic mass is 9.36. The lowest BCUT2D eigenvalue weighted by Crippen LogP contribution is -2.71. The Morgan fingerprint density at radius 2 is 1.15 bits per heavy atom. The molecule has 4 rings (SSSR count). The third kappa shape index (κ3) is 1.02. The molecule has 0 amide bonds. The van der Waals surface area contributed by atoms with Gasteiger partial charge in [0.1, 0.15) is 0 Å². The van der Waals surface area contributed by atoms with Gasteiger partial charge in [0.05, 0.1) is 5.60 Å². The number of rotatable bonds is 0. The minimum absolute atomic E-state index is 0.116. The van der Waals surface area contributed by atoms with Gasteiger partial charge in [-0.1, -0.05) is 56.2 Å². The van der Waals surface area contributed by atoms with Crippen LogP contribution in [0.5, 0.6) is 0 Å². The molecular formula is C19H26O. The molecule has 20 heavy (non-hydrogen) atoms. The van der Waals surface area contributed by atoms with Gasteiger partial charge in [-0.15, -0.1) is 0 Å². The van der Waals surface area contributed by atoms with Gasteiger partial charge in [0.2, 0.25) is 0 Å². The summed E-state index contributed by atoms with van der Waals surface area (Å²) < 4.78 is 0. The summed E-state index contributed by atoms with van der Waals surface area (Å²) in [6.45, 7) is 15.4. The topological polar surface area (TPSA) is 20.2 Å². The SMILES string of the molecule is CC1=C(C)[C@]2(C)c3ccccc3[C@@]1(C)C(C)(C)[C@@]2(C)O. The first-order valence-corrected chi connectivity index (χ1v) is 7.55. The van der Waals surface area contributed by atoms with Gasteiger partial charge in [0.15, 0.2) is 0 Å². The molecule has 1 N–H and O–H groups in total. The van der Waals surface area contributed by atoms with Crippen LogP contribution in [0.3, 0.4) is 0 Å². The number of allylic oxidation sites excluding steroid dienone is 1. The van der Waals surface area contributed by atoms with E-state index < -0.39 is 5.60 Å². The Kier molecular flexibility index (Phi) is 2.35. The van der Waals surface area contributed by atoms with Crippen LogP contribution in [0.4, 0.5) is 0 Å². The zero-order valence-corrected chi connectivity index (χ0v) is 13.8. The lowest BCUT2D eigenvalue weighted by molar-refractivity contribution is -0.146. The number of hydrogen-bond acceptors (Lipinski definition) is 1. The van der Waals surface area contributed by atoms with E-state index in [0.29, 0.717) is 0 Å². The highest BCUT2D eigenvalue weighted by Crippen LogP contribution is 2.69. The van der Waals surface area contributed by atoms with E-state index in [1.54, 1.807) is 0 Å². The molecule has 3 atom stereocenters. The number of benzene rings is 1.